The zero-order chi connectivity index (χ0) is 6.41. The maximum absolute atomic E-state index is 12.0. The first-order valence-electron chi connectivity index (χ1n) is 2.25. The first kappa shape index (κ1) is 7.17. The third kappa shape index (κ3) is 3.36. The maximum atomic E-state index is 12.0. The van der Waals surface area contributed by atoms with E-state index >= 15 is 0 Å². The van der Waals surface area contributed by atoms with E-state index in [-0.39, 0.29) is 5.83 Å². The summed E-state index contributed by atoms with van der Waals surface area (Å²) >= 11 is 0. The van der Waals surface area contributed by atoms with Crippen LogP contribution in [0.3, 0.4) is 0 Å². The fourth-order valence-electron chi connectivity index (χ4n) is 0.287. The average molecular weight is 116 g/mol. The van der Waals surface area contributed by atoms with Crippen molar-refractivity contribution in [1.82, 2.24) is 5.43 Å². The van der Waals surface area contributed by atoms with Gasteiger partial charge in [0.05, 0.1) is 0 Å². The van der Waals surface area contributed by atoms with E-state index in [0.717, 1.165) is 6.20 Å². The van der Waals surface area contributed by atoms with E-state index in [4.69, 9.17) is 5.84 Å². The Labute approximate surface area is 47.8 Å². The summed E-state index contributed by atoms with van der Waals surface area (Å²) in [4.78, 5) is 0. The van der Waals surface area contributed by atoms with Crippen LogP contribution in [0.4, 0.5) is 4.39 Å². The number of nitrogens with two attached hydrogens (primary N) is 1. The van der Waals surface area contributed by atoms with Gasteiger partial charge in [0.15, 0.2) is 0 Å². The Morgan fingerprint density at radius 2 is 2.38 bits per heavy atom. The number of hydrogen-bond donors (Lipinski definition) is 2. The van der Waals surface area contributed by atoms with Crippen molar-refractivity contribution < 1.29 is 4.39 Å². The Morgan fingerprint density at radius 1 is 1.75 bits per heavy atom. The second kappa shape index (κ2) is 4.33. The summed E-state index contributed by atoms with van der Waals surface area (Å²) in [5.74, 6) is 4.38. The lowest BCUT2D eigenvalue weighted by Gasteiger charge is -1.84. The molecule has 0 rings (SSSR count). The monoisotopic (exact) mass is 116 g/mol. The summed E-state index contributed by atoms with van der Waals surface area (Å²) < 4.78 is 12.0. The van der Waals surface area contributed by atoms with Crippen LogP contribution in [-0.2, 0) is 0 Å². The molecule has 0 aliphatic carbocycles. The molecule has 0 unspecified atom stereocenters. The van der Waals surface area contributed by atoms with E-state index in [1.807, 2.05) is 0 Å². The van der Waals surface area contributed by atoms with Crippen molar-refractivity contribution in [3.05, 3.63) is 24.2 Å². The Morgan fingerprint density at radius 3 is 2.75 bits per heavy atom. The molecule has 0 aliphatic rings. The molecule has 0 aromatic heterocycles. The molecule has 0 heterocycles. The van der Waals surface area contributed by atoms with Crippen LogP contribution in [0.5, 0.6) is 0 Å². The number of allylic oxidation sites excluding steroid dienone is 3. The van der Waals surface area contributed by atoms with Crippen molar-refractivity contribution in [3.8, 4) is 0 Å². The molecule has 0 radical (unpaired) electrons. The highest BCUT2D eigenvalue weighted by molar-refractivity contribution is 5.08. The van der Waals surface area contributed by atoms with E-state index in [1.54, 1.807) is 13.0 Å². The van der Waals surface area contributed by atoms with Crippen molar-refractivity contribution in [2.24, 2.45) is 5.84 Å². The highest BCUT2D eigenvalue weighted by Gasteiger charge is 1.79. The predicted molar refractivity (Wildman–Crippen MR) is 31.3 cm³/mol. The van der Waals surface area contributed by atoms with Gasteiger partial charge in [0.25, 0.3) is 0 Å². The van der Waals surface area contributed by atoms with Crippen LogP contribution in [0.15, 0.2) is 24.2 Å². The van der Waals surface area contributed by atoms with Crippen LogP contribution < -0.4 is 11.3 Å². The van der Waals surface area contributed by atoms with Crippen LogP contribution in [0, 0.1) is 0 Å². The lowest BCUT2D eigenvalue weighted by molar-refractivity contribution is 0.653. The first-order valence-corrected chi connectivity index (χ1v) is 2.25. The molecule has 0 spiro atoms. The summed E-state index contributed by atoms with van der Waals surface area (Å²) in [5, 5.41) is 0. The van der Waals surface area contributed by atoms with Crippen LogP contribution >= 0.6 is 0 Å². The molecule has 0 aromatic rings. The van der Waals surface area contributed by atoms with E-state index in [2.05, 4.69) is 5.43 Å². The minimum atomic E-state index is -0.380. The highest BCUT2D eigenvalue weighted by Crippen LogP contribution is 1.93. The van der Waals surface area contributed by atoms with Gasteiger partial charge >= 0.3 is 0 Å². The molecule has 0 atom stereocenters. The van der Waals surface area contributed by atoms with Crippen LogP contribution in [-0.4, -0.2) is 0 Å². The van der Waals surface area contributed by atoms with Gasteiger partial charge in [-0.2, -0.15) is 0 Å². The summed E-state index contributed by atoms with van der Waals surface area (Å²) in [5.41, 5.74) is 2.06. The zero-order valence-electron chi connectivity index (χ0n) is 4.69. The molecule has 0 fully saturated rings. The number of hydrogen-bond acceptors (Lipinski definition) is 2. The van der Waals surface area contributed by atoms with Gasteiger partial charge in [-0.1, -0.05) is 6.08 Å². The Balaban J connectivity index is 3.61. The van der Waals surface area contributed by atoms with E-state index in [9.17, 15) is 4.39 Å². The topological polar surface area (TPSA) is 38.0 Å². The van der Waals surface area contributed by atoms with Gasteiger partial charge in [0.2, 0.25) is 0 Å². The van der Waals surface area contributed by atoms with Gasteiger partial charge in [-0.05, 0) is 13.0 Å². The molecule has 0 bridgehead atoms. The quantitative estimate of drug-likeness (QED) is 0.318. The lowest BCUT2D eigenvalue weighted by atomic mass is 10.5. The minimum Gasteiger partial charge on any atom is -0.328 e. The zero-order valence-corrected chi connectivity index (χ0v) is 4.69. The third-order valence-corrected chi connectivity index (χ3v) is 0.547. The second-order valence-corrected chi connectivity index (χ2v) is 1.20. The van der Waals surface area contributed by atoms with E-state index < -0.39 is 0 Å². The molecular formula is C5H9FN2. The van der Waals surface area contributed by atoms with Crippen molar-refractivity contribution in [2.45, 2.75) is 6.92 Å². The Bertz CT molecular complexity index is 107. The predicted octanol–water partition coefficient (Wildman–Crippen LogP) is 0.837. The smallest absolute Gasteiger partial charge is 0.139 e. The molecule has 46 valence electrons. The molecule has 2 nitrogen and oxygen atoms in total. The number of halogens is 1. The van der Waals surface area contributed by atoms with Crippen molar-refractivity contribution >= 4 is 0 Å². The molecule has 0 aromatic carbocycles. The second-order valence-electron chi connectivity index (χ2n) is 1.20. The third-order valence-electron chi connectivity index (χ3n) is 0.547. The summed E-state index contributed by atoms with van der Waals surface area (Å²) in [7, 11) is 0. The minimum absolute atomic E-state index is 0.380. The van der Waals surface area contributed by atoms with Crippen LogP contribution in [0.2, 0.25) is 0 Å². The maximum Gasteiger partial charge on any atom is 0.139 e. The molecule has 0 saturated heterocycles. The van der Waals surface area contributed by atoms with Gasteiger partial charge in [0.1, 0.15) is 5.83 Å². The standard InChI is InChI=1S/C5H9FN2/c1-2-3-5(6)4-8-7/h2-4,8H,7H2,1H3/b3-2-,5-4+. The Hall–Kier alpha value is -0.830. The number of nitrogens with one attached hydrogen (secondary N) is 1. The van der Waals surface area contributed by atoms with Crippen LogP contribution in [0.25, 0.3) is 0 Å². The van der Waals surface area contributed by atoms with E-state index in [1.165, 1.54) is 6.08 Å². The fraction of sp³-hybridized carbons (Fsp3) is 0.200. The van der Waals surface area contributed by atoms with Crippen molar-refractivity contribution in [3.63, 3.8) is 0 Å². The summed E-state index contributed by atoms with van der Waals surface area (Å²) in [6, 6.07) is 0. The summed E-state index contributed by atoms with van der Waals surface area (Å²) in [6.45, 7) is 1.73. The number of hydrazine groups is 1. The summed E-state index contributed by atoms with van der Waals surface area (Å²) in [6.07, 6.45) is 3.96. The highest BCUT2D eigenvalue weighted by atomic mass is 19.1. The molecule has 0 saturated carbocycles. The van der Waals surface area contributed by atoms with Gasteiger partial charge in [-0.3, -0.25) is 5.84 Å². The first-order chi connectivity index (χ1) is 3.81. The van der Waals surface area contributed by atoms with Gasteiger partial charge in [0, 0.05) is 6.20 Å². The molecular weight excluding hydrogens is 107 g/mol. The SMILES string of the molecule is C/C=C\C(F)=C/NN. The van der Waals surface area contributed by atoms with Crippen LogP contribution in [0.1, 0.15) is 6.92 Å². The van der Waals surface area contributed by atoms with E-state index in [0.29, 0.717) is 0 Å². The molecule has 0 amide bonds. The molecule has 0 aliphatic heterocycles. The number of rotatable bonds is 2. The van der Waals surface area contributed by atoms with Gasteiger partial charge in [-0.25, -0.2) is 4.39 Å². The molecule has 3 heteroatoms. The molecule has 3 N–H and O–H groups in total. The van der Waals surface area contributed by atoms with Crippen molar-refractivity contribution in [1.29, 1.82) is 0 Å². The normalized spacial score (nSPS) is 12.6. The Kier molecular flexibility index (Phi) is 3.88. The average Bonchev–Trinajstić information content (AvgIpc) is 1.68. The fourth-order valence-corrected chi connectivity index (χ4v) is 0.287. The van der Waals surface area contributed by atoms with Crippen molar-refractivity contribution in [2.75, 3.05) is 0 Å². The largest absolute Gasteiger partial charge is 0.328 e. The van der Waals surface area contributed by atoms with Gasteiger partial charge < -0.3 is 5.43 Å². The van der Waals surface area contributed by atoms with Gasteiger partial charge in [-0.15, -0.1) is 0 Å². The lowest BCUT2D eigenvalue weighted by Crippen LogP contribution is -2.13. The molecule has 8 heavy (non-hydrogen) atoms.